The van der Waals surface area contributed by atoms with E-state index in [9.17, 15) is 0 Å². The minimum atomic E-state index is 0.459. The van der Waals surface area contributed by atoms with Gasteiger partial charge in [0.1, 0.15) is 0 Å². The first-order valence-electron chi connectivity index (χ1n) is 4.68. The van der Waals surface area contributed by atoms with Gasteiger partial charge in [-0.2, -0.15) is 0 Å². The van der Waals surface area contributed by atoms with Gasteiger partial charge in [0.15, 0.2) is 0 Å². The van der Waals surface area contributed by atoms with Gasteiger partial charge in [-0.3, -0.25) is 4.99 Å². The molecule has 3 heteroatoms. The fourth-order valence-electron chi connectivity index (χ4n) is 1.63. The Morgan fingerprint density at radius 2 is 2.07 bits per heavy atom. The molecule has 0 saturated carbocycles. The Hall–Kier alpha value is -0.340. The zero-order valence-corrected chi connectivity index (χ0v) is 10.1. The zero-order valence-electron chi connectivity index (χ0n) is 7.71. The minimum absolute atomic E-state index is 0.459. The van der Waals surface area contributed by atoms with Gasteiger partial charge < -0.3 is 0 Å². The van der Waals surface area contributed by atoms with Gasteiger partial charge in [-0.1, -0.05) is 39.7 Å². The SMILES string of the molecule is Clc1ccc(C2=NC(CBr)CC2)cc1. The van der Waals surface area contributed by atoms with Gasteiger partial charge in [-0.25, -0.2) is 0 Å². The van der Waals surface area contributed by atoms with E-state index in [0.29, 0.717) is 6.04 Å². The van der Waals surface area contributed by atoms with Crippen molar-refractivity contribution in [3.8, 4) is 0 Å². The van der Waals surface area contributed by atoms with Crippen LogP contribution in [-0.4, -0.2) is 17.1 Å². The molecule has 0 radical (unpaired) electrons. The van der Waals surface area contributed by atoms with Crippen LogP contribution in [0, 0.1) is 0 Å². The van der Waals surface area contributed by atoms with E-state index < -0.39 is 0 Å². The van der Waals surface area contributed by atoms with Crippen LogP contribution in [0.2, 0.25) is 5.02 Å². The highest BCUT2D eigenvalue weighted by Crippen LogP contribution is 2.20. The van der Waals surface area contributed by atoms with Crippen molar-refractivity contribution in [2.24, 2.45) is 4.99 Å². The largest absolute Gasteiger partial charge is 0.285 e. The first-order valence-corrected chi connectivity index (χ1v) is 6.18. The van der Waals surface area contributed by atoms with E-state index in [-0.39, 0.29) is 0 Å². The molecule has 0 bridgehead atoms. The molecule has 1 heterocycles. The lowest BCUT2D eigenvalue weighted by atomic mass is 10.1. The molecule has 0 spiro atoms. The third-order valence-corrected chi connectivity index (χ3v) is 3.41. The van der Waals surface area contributed by atoms with E-state index in [1.54, 1.807) is 0 Å². The lowest BCUT2D eigenvalue weighted by Crippen LogP contribution is -1.98. The summed E-state index contributed by atoms with van der Waals surface area (Å²) in [4.78, 5) is 4.63. The second-order valence-corrected chi connectivity index (χ2v) is 4.51. The van der Waals surface area contributed by atoms with Crippen LogP contribution in [0.4, 0.5) is 0 Å². The van der Waals surface area contributed by atoms with E-state index in [4.69, 9.17) is 11.6 Å². The molecular weight excluding hydrogens is 261 g/mol. The van der Waals surface area contributed by atoms with Crippen LogP contribution in [0.5, 0.6) is 0 Å². The van der Waals surface area contributed by atoms with Crippen molar-refractivity contribution in [3.05, 3.63) is 34.9 Å². The molecule has 0 aliphatic carbocycles. The molecule has 1 unspecified atom stereocenters. The summed E-state index contributed by atoms with van der Waals surface area (Å²) in [5.74, 6) is 0. The predicted octanol–water partition coefficient (Wildman–Crippen LogP) is 3.69. The average Bonchev–Trinajstić information content (AvgIpc) is 2.67. The highest BCUT2D eigenvalue weighted by Gasteiger charge is 2.16. The summed E-state index contributed by atoms with van der Waals surface area (Å²) in [7, 11) is 0. The first-order chi connectivity index (χ1) is 6.79. The lowest BCUT2D eigenvalue weighted by molar-refractivity contribution is 0.753. The summed E-state index contributed by atoms with van der Waals surface area (Å²) in [6.07, 6.45) is 2.24. The van der Waals surface area contributed by atoms with Gasteiger partial charge in [0.25, 0.3) is 0 Å². The van der Waals surface area contributed by atoms with Crippen LogP contribution >= 0.6 is 27.5 Å². The highest BCUT2D eigenvalue weighted by atomic mass is 79.9. The number of rotatable bonds is 2. The van der Waals surface area contributed by atoms with Gasteiger partial charge in [0.2, 0.25) is 0 Å². The third kappa shape index (κ3) is 2.18. The summed E-state index contributed by atoms with van der Waals surface area (Å²) in [5, 5.41) is 1.74. The summed E-state index contributed by atoms with van der Waals surface area (Å²) in [5.41, 5.74) is 2.42. The van der Waals surface area contributed by atoms with Crippen LogP contribution < -0.4 is 0 Å². The molecule has 1 nitrogen and oxygen atoms in total. The van der Waals surface area contributed by atoms with E-state index in [2.05, 4.69) is 20.9 Å². The van der Waals surface area contributed by atoms with Crippen molar-refractivity contribution in [2.75, 3.05) is 5.33 Å². The van der Waals surface area contributed by atoms with Crippen molar-refractivity contribution in [2.45, 2.75) is 18.9 Å². The molecule has 2 rings (SSSR count). The van der Waals surface area contributed by atoms with E-state index >= 15 is 0 Å². The number of halogens is 2. The summed E-state index contributed by atoms with van der Waals surface area (Å²) >= 11 is 9.29. The normalized spacial score (nSPS) is 21.0. The van der Waals surface area contributed by atoms with Crippen molar-refractivity contribution in [1.29, 1.82) is 0 Å². The standard InChI is InChI=1S/C11H11BrClN/c12-7-10-5-6-11(14-10)8-1-3-9(13)4-2-8/h1-4,10H,5-7H2. The summed E-state index contributed by atoms with van der Waals surface area (Å²) < 4.78 is 0. The average molecular weight is 273 g/mol. The molecule has 14 heavy (non-hydrogen) atoms. The number of hydrogen-bond acceptors (Lipinski definition) is 1. The van der Waals surface area contributed by atoms with E-state index in [0.717, 1.165) is 23.2 Å². The topological polar surface area (TPSA) is 12.4 Å². The van der Waals surface area contributed by atoms with E-state index in [1.807, 2.05) is 24.3 Å². The molecular formula is C11H11BrClN. The Balaban J connectivity index is 2.20. The Morgan fingerprint density at radius 1 is 1.36 bits per heavy atom. The van der Waals surface area contributed by atoms with Gasteiger partial charge in [-0.05, 0) is 30.5 Å². The van der Waals surface area contributed by atoms with Crippen LogP contribution in [0.3, 0.4) is 0 Å². The molecule has 0 aromatic heterocycles. The molecule has 1 aromatic rings. The maximum Gasteiger partial charge on any atom is 0.0603 e. The molecule has 1 aliphatic rings. The van der Waals surface area contributed by atoms with E-state index in [1.165, 1.54) is 11.3 Å². The minimum Gasteiger partial charge on any atom is -0.285 e. The van der Waals surface area contributed by atoms with Crippen LogP contribution in [0.1, 0.15) is 18.4 Å². The highest BCUT2D eigenvalue weighted by molar-refractivity contribution is 9.09. The molecule has 1 aliphatic heterocycles. The Kier molecular flexibility index (Phi) is 3.24. The molecule has 0 amide bonds. The Morgan fingerprint density at radius 3 is 2.64 bits per heavy atom. The fourth-order valence-corrected chi connectivity index (χ4v) is 2.22. The maximum absolute atomic E-state index is 5.83. The second kappa shape index (κ2) is 4.45. The van der Waals surface area contributed by atoms with Crippen LogP contribution in [-0.2, 0) is 0 Å². The maximum atomic E-state index is 5.83. The molecule has 1 aromatic carbocycles. The number of nitrogens with zero attached hydrogens (tertiary/aromatic N) is 1. The monoisotopic (exact) mass is 271 g/mol. The number of alkyl halides is 1. The molecule has 1 atom stereocenters. The Labute approximate surface area is 97.3 Å². The quantitative estimate of drug-likeness (QED) is 0.728. The van der Waals surface area contributed by atoms with Gasteiger partial charge in [-0.15, -0.1) is 0 Å². The fraction of sp³-hybridized carbons (Fsp3) is 0.364. The number of hydrogen-bond donors (Lipinski definition) is 0. The number of benzene rings is 1. The van der Waals surface area contributed by atoms with Gasteiger partial charge in [0.05, 0.1) is 6.04 Å². The van der Waals surface area contributed by atoms with Crippen molar-refractivity contribution >= 4 is 33.2 Å². The summed E-state index contributed by atoms with van der Waals surface area (Å²) in [6, 6.07) is 8.37. The molecule has 0 N–H and O–H groups in total. The lowest BCUT2D eigenvalue weighted by Gasteiger charge is -1.99. The molecule has 0 fully saturated rings. The van der Waals surface area contributed by atoms with Crippen LogP contribution in [0.15, 0.2) is 29.3 Å². The molecule has 74 valence electrons. The van der Waals surface area contributed by atoms with Gasteiger partial charge in [0, 0.05) is 16.1 Å². The third-order valence-electron chi connectivity index (χ3n) is 2.41. The smallest absolute Gasteiger partial charge is 0.0603 e. The van der Waals surface area contributed by atoms with Crippen molar-refractivity contribution in [1.82, 2.24) is 0 Å². The summed E-state index contributed by atoms with van der Waals surface area (Å²) in [6.45, 7) is 0. The molecule has 0 saturated heterocycles. The first kappa shape index (κ1) is 10.2. The Bertz CT molecular complexity index is 345. The zero-order chi connectivity index (χ0) is 9.97. The number of aliphatic imine (C=N–C) groups is 1. The predicted molar refractivity (Wildman–Crippen MR) is 64.8 cm³/mol. The van der Waals surface area contributed by atoms with Gasteiger partial charge >= 0.3 is 0 Å². The van der Waals surface area contributed by atoms with Crippen molar-refractivity contribution < 1.29 is 0 Å². The second-order valence-electron chi connectivity index (χ2n) is 3.43. The van der Waals surface area contributed by atoms with Crippen molar-refractivity contribution in [3.63, 3.8) is 0 Å². The van der Waals surface area contributed by atoms with Crippen LogP contribution in [0.25, 0.3) is 0 Å².